The standard InChI is InChI=1S/C16H21F2N/c1-19-15(13-3-2-4-14(17)16(13)18)9-12-8-10-5-6-11(12)7-10/h2-4,10-12,15,19H,5-9H2,1H3. The van der Waals surface area contributed by atoms with E-state index in [1.165, 1.54) is 31.7 Å². The molecule has 4 atom stereocenters. The van der Waals surface area contributed by atoms with Crippen molar-refractivity contribution in [2.75, 3.05) is 7.05 Å². The van der Waals surface area contributed by atoms with Crippen LogP contribution >= 0.6 is 0 Å². The van der Waals surface area contributed by atoms with Crippen LogP contribution in [0.5, 0.6) is 0 Å². The van der Waals surface area contributed by atoms with Crippen LogP contribution in [-0.2, 0) is 0 Å². The first-order valence-electron chi connectivity index (χ1n) is 7.30. The van der Waals surface area contributed by atoms with Gasteiger partial charge in [0.2, 0.25) is 0 Å². The van der Waals surface area contributed by atoms with Gasteiger partial charge in [-0.15, -0.1) is 0 Å². The second-order valence-electron chi connectivity index (χ2n) is 6.15. The molecule has 2 aliphatic carbocycles. The van der Waals surface area contributed by atoms with Gasteiger partial charge in [0, 0.05) is 11.6 Å². The Morgan fingerprint density at radius 3 is 2.74 bits per heavy atom. The first kappa shape index (κ1) is 13.0. The summed E-state index contributed by atoms with van der Waals surface area (Å²) in [4.78, 5) is 0. The van der Waals surface area contributed by atoms with Crippen LogP contribution in [0.2, 0.25) is 0 Å². The highest BCUT2D eigenvalue weighted by molar-refractivity contribution is 5.22. The largest absolute Gasteiger partial charge is 0.313 e. The predicted octanol–water partition coefficient (Wildman–Crippen LogP) is 4.05. The molecule has 0 amide bonds. The van der Waals surface area contributed by atoms with Crippen LogP contribution in [0.1, 0.15) is 43.7 Å². The van der Waals surface area contributed by atoms with Gasteiger partial charge in [-0.25, -0.2) is 8.78 Å². The fraction of sp³-hybridized carbons (Fsp3) is 0.625. The lowest BCUT2D eigenvalue weighted by atomic mass is 9.82. The van der Waals surface area contributed by atoms with Crippen LogP contribution in [0.4, 0.5) is 8.78 Å². The molecule has 3 heteroatoms. The maximum Gasteiger partial charge on any atom is 0.163 e. The molecule has 2 saturated carbocycles. The molecule has 2 aliphatic rings. The summed E-state index contributed by atoms with van der Waals surface area (Å²) in [6.07, 6.45) is 6.27. The van der Waals surface area contributed by atoms with Gasteiger partial charge < -0.3 is 5.32 Å². The fourth-order valence-corrected chi connectivity index (χ4v) is 4.16. The Balaban J connectivity index is 1.75. The predicted molar refractivity (Wildman–Crippen MR) is 71.7 cm³/mol. The second kappa shape index (κ2) is 5.20. The van der Waals surface area contributed by atoms with Crippen molar-refractivity contribution < 1.29 is 8.78 Å². The van der Waals surface area contributed by atoms with E-state index >= 15 is 0 Å². The lowest BCUT2D eigenvalue weighted by Gasteiger charge is -2.27. The number of nitrogens with one attached hydrogen (secondary N) is 1. The van der Waals surface area contributed by atoms with Gasteiger partial charge in [-0.2, -0.15) is 0 Å². The summed E-state index contributed by atoms with van der Waals surface area (Å²) in [7, 11) is 1.84. The van der Waals surface area contributed by atoms with Crippen LogP contribution in [0.3, 0.4) is 0 Å². The Morgan fingerprint density at radius 2 is 2.11 bits per heavy atom. The van der Waals surface area contributed by atoms with E-state index in [-0.39, 0.29) is 6.04 Å². The van der Waals surface area contributed by atoms with Gasteiger partial charge in [-0.3, -0.25) is 0 Å². The molecule has 1 N–H and O–H groups in total. The summed E-state index contributed by atoms with van der Waals surface area (Å²) in [6.45, 7) is 0. The first-order valence-corrected chi connectivity index (χ1v) is 7.30. The molecule has 2 fully saturated rings. The minimum Gasteiger partial charge on any atom is -0.313 e. The van der Waals surface area contributed by atoms with Crippen molar-refractivity contribution in [3.63, 3.8) is 0 Å². The Morgan fingerprint density at radius 1 is 1.26 bits per heavy atom. The van der Waals surface area contributed by atoms with E-state index in [1.807, 2.05) is 7.05 Å². The minimum atomic E-state index is -0.745. The number of fused-ring (bicyclic) bond motifs is 2. The van der Waals surface area contributed by atoms with Crippen molar-refractivity contribution in [2.24, 2.45) is 17.8 Å². The van der Waals surface area contributed by atoms with Crippen LogP contribution in [-0.4, -0.2) is 7.05 Å². The molecule has 1 aromatic rings. The average Bonchev–Trinajstić information content (AvgIpc) is 3.02. The SMILES string of the molecule is CNC(CC1CC2CCC1C2)c1cccc(F)c1F. The van der Waals surface area contributed by atoms with Crippen LogP contribution in [0.15, 0.2) is 18.2 Å². The highest BCUT2D eigenvalue weighted by Crippen LogP contribution is 2.51. The molecular formula is C16H21F2N. The second-order valence-corrected chi connectivity index (χ2v) is 6.15. The zero-order chi connectivity index (χ0) is 13.4. The monoisotopic (exact) mass is 265 g/mol. The number of benzene rings is 1. The van der Waals surface area contributed by atoms with E-state index in [0.29, 0.717) is 11.5 Å². The molecule has 0 saturated heterocycles. The topological polar surface area (TPSA) is 12.0 Å². The fourth-order valence-electron chi connectivity index (χ4n) is 4.16. The molecule has 19 heavy (non-hydrogen) atoms. The van der Waals surface area contributed by atoms with Crippen molar-refractivity contribution in [3.05, 3.63) is 35.4 Å². The van der Waals surface area contributed by atoms with E-state index in [9.17, 15) is 8.78 Å². The van der Waals surface area contributed by atoms with Crippen LogP contribution in [0, 0.1) is 29.4 Å². The third kappa shape index (κ3) is 2.40. The summed E-state index contributed by atoms with van der Waals surface area (Å²) in [5.41, 5.74) is 0.477. The number of hydrogen-bond donors (Lipinski definition) is 1. The zero-order valence-electron chi connectivity index (χ0n) is 11.3. The Labute approximate surface area is 113 Å². The Bertz CT molecular complexity index is 460. The quantitative estimate of drug-likeness (QED) is 0.866. The van der Waals surface area contributed by atoms with Gasteiger partial charge in [-0.1, -0.05) is 18.6 Å². The summed E-state index contributed by atoms with van der Waals surface area (Å²) in [6, 6.07) is 4.41. The molecule has 3 rings (SSSR count). The molecule has 1 aromatic carbocycles. The normalized spacial score (nSPS) is 30.8. The number of rotatable bonds is 4. The van der Waals surface area contributed by atoms with E-state index in [0.717, 1.165) is 18.3 Å². The molecule has 4 unspecified atom stereocenters. The third-order valence-corrected chi connectivity index (χ3v) is 5.13. The van der Waals surface area contributed by atoms with Gasteiger partial charge in [-0.05, 0) is 56.6 Å². The smallest absolute Gasteiger partial charge is 0.163 e. The highest BCUT2D eigenvalue weighted by Gasteiger charge is 2.40. The molecule has 2 bridgehead atoms. The van der Waals surface area contributed by atoms with Gasteiger partial charge in [0.05, 0.1) is 0 Å². The molecule has 104 valence electrons. The first-order chi connectivity index (χ1) is 9.19. The van der Waals surface area contributed by atoms with Crippen molar-refractivity contribution in [3.8, 4) is 0 Å². The lowest BCUT2D eigenvalue weighted by Crippen LogP contribution is -2.23. The summed E-state index contributed by atoms with van der Waals surface area (Å²) in [5.74, 6) is 0.955. The molecule has 0 heterocycles. The van der Waals surface area contributed by atoms with E-state index in [2.05, 4.69) is 5.32 Å². The minimum absolute atomic E-state index is 0.0694. The molecule has 1 nitrogen and oxygen atoms in total. The number of hydrogen-bond acceptors (Lipinski definition) is 1. The van der Waals surface area contributed by atoms with Crippen LogP contribution in [0.25, 0.3) is 0 Å². The van der Waals surface area contributed by atoms with Crippen molar-refractivity contribution >= 4 is 0 Å². The highest BCUT2D eigenvalue weighted by atomic mass is 19.2. The molecule has 0 aliphatic heterocycles. The van der Waals surface area contributed by atoms with E-state index in [4.69, 9.17) is 0 Å². The van der Waals surface area contributed by atoms with E-state index in [1.54, 1.807) is 12.1 Å². The van der Waals surface area contributed by atoms with E-state index < -0.39 is 11.6 Å². The van der Waals surface area contributed by atoms with Gasteiger partial charge in [0.15, 0.2) is 11.6 Å². The summed E-state index contributed by atoms with van der Waals surface area (Å²) in [5, 5.41) is 3.17. The molecular weight excluding hydrogens is 244 g/mol. The molecule has 0 aromatic heterocycles. The zero-order valence-corrected chi connectivity index (χ0v) is 11.3. The number of halogens is 2. The maximum absolute atomic E-state index is 13.9. The van der Waals surface area contributed by atoms with Crippen LogP contribution < -0.4 is 5.32 Å². The summed E-state index contributed by atoms with van der Waals surface area (Å²) < 4.78 is 27.2. The summed E-state index contributed by atoms with van der Waals surface area (Å²) >= 11 is 0. The van der Waals surface area contributed by atoms with Gasteiger partial charge in [0.1, 0.15) is 0 Å². The lowest BCUT2D eigenvalue weighted by molar-refractivity contribution is 0.281. The van der Waals surface area contributed by atoms with Crippen molar-refractivity contribution in [1.29, 1.82) is 0 Å². The molecule has 0 radical (unpaired) electrons. The maximum atomic E-state index is 13.9. The Kier molecular flexibility index (Phi) is 3.57. The average molecular weight is 265 g/mol. The third-order valence-electron chi connectivity index (χ3n) is 5.13. The van der Waals surface area contributed by atoms with Gasteiger partial charge in [0.25, 0.3) is 0 Å². The Hall–Kier alpha value is -0.960. The van der Waals surface area contributed by atoms with Crippen molar-refractivity contribution in [2.45, 2.75) is 38.1 Å². The molecule has 0 spiro atoms. The van der Waals surface area contributed by atoms with Crippen molar-refractivity contribution in [1.82, 2.24) is 5.32 Å². The van der Waals surface area contributed by atoms with Gasteiger partial charge >= 0.3 is 0 Å².